The number of rotatable bonds is 2. The summed E-state index contributed by atoms with van der Waals surface area (Å²) in [6.07, 6.45) is 17.5. The minimum Gasteiger partial charge on any atom is -0.504 e. The Morgan fingerprint density at radius 3 is 2.63 bits per heavy atom. The lowest BCUT2D eigenvalue weighted by atomic mass is 9.62. The predicted molar refractivity (Wildman–Crippen MR) is 224 cm³/mol. The first-order valence-electron chi connectivity index (χ1n) is 21.3. The summed E-state index contributed by atoms with van der Waals surface area (Å²) < 4.78 is 22.3. The molecule has 5 atom stereocenters. The zero-order valence-corrected chi connectivity index (χ0v) is 33.3. The molecule has 1 unspecified atom stereocenters. The molecule has 0 amide bonds. The fourth-order valence-electron chi connectivity index (χ4n) is 10.2. The van der Waals surface area contributed by atoms with E-state index in [9.17, 15) is 10.2 Å². The van der Waals surface area contributed by atoms with Crippen LogP contribution in [0.5, 0.6) is 11.5 Å². The lowest BCUT2D eigenvalue weighted by Crippen LogP contribution is -2.49. The Morgan fingerprint density at radius 2 is 1.77 bits per heavy atom. The van der Waals surface area contributed by atoms with Crippen LogP contribution in [0.3, 0.4) is 0 Å². The molecule has 1 saturated heterocycles. The Morgan fingerprint density at radius 1 is 0.912 bits per heavy atom. The highest BCUT2D eigenvalue weighted by Gasteiger charge is 2.48. The summed E-state index contributed by atoms with van der Waals surface area (Å²) in [6, 6.07) is 21.3. The van der Waals surface area contributed by atoms with Gasteiger partial charge in [-0.05, 0) is 111 Å². The first kappa shape index (κ1) is 38.0. The van der Waals surface area contributed by atoms with Gasteiger partial charge in [0.2, 0.25) is 0 Å². The highest BCUT2D eigenvalue weighted by molar-refractivity contribution is 5.88. The van der Waals surface area contributed by atoms with E-state index in [1.165, 1.54) is 30.4 Å². The van der Waals surface area contributed by atoms with Gasteiger partial charge in [-0.15, -0.1) is 0 Å². The van der Waals surface area contributed by atoms with Gasteiger partial charge < -0.3 is 40.0 Å². The molecule has 9 rings (SSSR count). The van der Waals surface area contributed by atoms with Crippen LogP contribution in [-0.2, 0) is 27.9 Å². The zero-order chi connectivity index (χ0) is 39.0. The SMILES string of the molecule is C[C@@H]1C#CC2=CC(N)NC3=C2CO[C@@H](CCC1)C[C@H](O)CCc1ccc(O)c(c1)OCc1cc([C@]2(c4ccccc4)CCOC4(CCCCC4)C2)cc2cn3cc12. The molecular weight excluding hydrogens is 711 g/mol. The molecule has 4 aromatic rings. The average Bonchev–Trinajstić information content (AvgIpc) is 3.65. The number of ether oxygens (including phenoxy) is 3. The van der Waals surface area contributed by atoms with E-state index in [1.54, 1.807) is 6.07 Å². The summed E-state index contributed by atoms with van der Waals surface area (Å²) in [6.45, 7) is 3.50. The van der Waals surface area contributed by atoms with Crippen molar-refractivity contribution in [2.45, 2.75) is 126 Å². The van der Waals surface area contributed by atoms with Crippen molar-refractivity contribution >= 4 is 16.6 Å². The molecule has 298 valence electrons. The normalized spacial score (nSPS) is 27.9. The van der Waals surface area contributed by atoms with E-state index >= 15 is 0 Å². The number of hydrogen-bond donors (Lipinski definition) is 4. The Bertz CT molecular complexity index is 2220. The highest BCUT2D eigenvalue weighted by atomic mass is 16.5. The van der Waals surface area contributed by atoms with Crippen LogP contribution in [0.25, 0.3) is 16.6 Å². The van der Waals surface area contributed by atoms with Crippen molar-refractivity contribution in [3.63, 3.8) is 0 Å². The third-order valence-corrected chi connectivity index (χ3v) is 13.4. The molecule has 57 heavy (non-hydrogen) atoms. The molecule has 5 N–H and O–H groups in total. The minimum absolute atomic E-state index is 0.104. The van der Waals surface area contributed by atoms with Crippen molar-refractivity contribution < 1.29 is 24.4 Å². The third kappa shape index (κ3) is 7.88. The van der Waals surface area contributed by atoms with Crippen LogP contribution in [0.2, 0.25) is 0 Å². The summed E-state index contributed by atoms with van der Waals surface area (Å²) in [4.78, 5) is 0. The van der Waals surface area contributed by atoms with Crippen LogP contribution < -0.4 is 15.8 Å². The van der Waals surface area contributed by atoms with Gasteiger partial charge in [0, 0.05) is 52.3 Å². The number of aliphatic hydroxyl groups excluding tert-OH is 1. The number of aromatic nitrogens is 1. The fourth-order valence-corrected chi connectivity index (χ4v) is 10.2. The number of nitrogens with zero attached hydrogens (tertiary/aromatic N) is 1. The second kappa shape index (κ2) is 16.0. The quantitative estimate of drug-likeness (QED) is 0.151. The smallest absolute Gasteiger partial charge is 0.161 e. The van der Waals surface area contributed by atoms with E-state index in [4.69, 9.17) is 19.9 Å². The van der Waals surface area contributed by atoms with E-state index in [1.807, 2.05) is 18.2 Å². The van der Waals surface area contributed by atoms with Crippen molar-refractivity contribution in [2.24, 2.45) is 11.7 Å². The zero-order valence-electron chi connectivity index (χ0n) is 33.3. The van der Waals surface area contributed by atoms with Crippen molar-refractivity contribution in [2.75, 3.05) is 13.2 Å². The number of hydrogen-bond acceptors (Lipinski definition) is 7. The first-order chi connectivity index (χ1) is 27.8. The number of benzene rings is 3. The van der Waals surface area contributed by atoms with Crippen LogP contribution in [0, 0.1) is 17.8 Å². The molecule has 8 nitrogen and oxygen atoms in total. The van der Waals surface area contributed by atoms with Gasteiger partial charge in [0.1, 0.15) is 12.4 Å². The van der Waals surface area contributed by atoms with Crippen LogP contribution in [0.15, 0.2) is 90.3 Å². The number of phenolic OH excluding ortho intramolecular Hbond substituents is 1. The number of aromatic hydroxyl groups is 1. The van der Waals surface area contributed by atoms with Crippen LogP contribution in [-0.4, -0.2) is 52.0 Å². The molecule has 4 aliphatic heterocycles. The van der Waals surface area contributed by atoms with Gasteiger partial charge in [-0.1, -0.05) is 80.5 Å². The molecule has 5 aliphatic rings. The molecule has 3 aromatic carbocycles. The third-order valence-electron chi connectivity index (χ3n) is 13.4. The molecule has 6 bridgehead atoms. The van der Waals surface area contributed by atoms with Crippen LogP contribution in [0.1, 0.15) is 106 Å². The number of fused-ring (bicyclic) bond motifs is 6. The van der Waals surface area contributed by atoms with Crippen molar-refractivity contribution in [3.8, 4) is 23.3 Å². The second-order valence-electron chi connectivity index (χ2n) is 17.4. The predicted octanol–water partition coefficient (Wildman–Crippen LogP) is 8.61. The topological polar surface area (TPSA) is 111 Å². The van der Waals surface area contributed by atoms with Gasteiger partial charge in [-0.25, -0.2) is 0 Å². The number of dihydropyridines is 1. The van der Waals surface area contributed by atoms with E-state index in [2.05, 4.69) is 83.5 Å². The van der Waals surface area contributed by atoms with Crippen LogP contribution >= 0.6 is 0 Å². The number of phenols is 1. The largest absolute Gasteiger partial charge is 0.504 e. The molecule has 1 spiro atoms. The maximum absolute atomic E-state index is 11.3. The number of nitrogens with one attached hydrogen (secondary N) is 1. The van der Waals surface area contributed by atoms with E-state index < -0.39 is 12.3 Å². The van der Waals surface area contributed by atoms with Gasteiger partial charge in [0.25, 0.3) is 0 Å². The van der Waals surface area contributed by atoms with Crippen molar-refractivity contribution in [1.29, 1.82) is 0 Å². The average molecular weight is 768 g/mol. The van der Waals surface area contributed by atoms with E-state index in [-0.39, 0.29) is 35.4 Å². The van der Waals surface area contributed by atoms with Crippen molar-refractivity contribution in [1.82, 2.24) is 9.88 Å². The maximum Gasteiger partial charge on any atom is 0.161 e. The molecular formula is C49H57N3O5. The standard InChI is InChI=1S/C49H57N3O5/c1-33-9-8-12-41-27-40(53)17-14-34-15-18-44(54)45(23-34)56-30-37-25-39(49(38-10-4-2-5-11-38)21-22-57-48(32-49)19-6-3-7-20-48)24-36-28-52(29-42(36)37)47-43(31-55-41)35(16-13-33)26-46(50)51-47/h2,4-5,10-11,15,18,23-26,28-29,33,40-41,46,51,53-54H,3,6-9,12,14,17,19-22,27,30-32,50H2,1H3/t33-,40+,41-,46?,49+/m0/s1. The van der Waals surface area contributed by atoms with E-state index in [0.29, 0.717) is 38.2 Å². The monoisotopic (exact) mass is 767 g/mol. The Balaban J connectivity index is 1.23. The summed E-state index contributed by atoms with van der Waals surface area (Å²) in [5.74, 6) is 8.63. The molecule has 2 fully saturated rings. The minimum atomic E-state index is -0.537. The number of nitrogens with two attached hydrogens (primary N) is 1. The summed E-state index contributed by atoms with van der Waals surface area (Å²) >= 11 is 0. The van der Waals surface area contributed by atoms with Crippen molar-refractivity contribution in [3.05, 3.63) is 113 Å². The van der Waals surface area contributed by atoms with Gasteiger partial charge in [0.05, 0.1) is 30.6 Å². The molecule has 1 saturated carbocycles. The Hall–Kier alpha value is -4.52. The maximum atomic E-state index is 11.3. The molecule has 0 radical (unpaired) electrons. The lowest BCUT2D eigenvalue weighted by Gasteiger charge is -2.50. The van der Waals surface area contributed by atoms with E-state index in [0.717, 1.165) is 83.8 Å². The Kier molecular flexibility index (Phi) is 10.7. The van der Waals surface area contributed by atoms with Crippen LogP contribution in [0.4, 0.5) is 0 Å². The Labute approximate surface area is 337 Å². The summed E-state index contributed by atoms with van der Waals surface area (Å²) in [7, 11) is 0. The number of aliphatic hydroxyl groups is 1. The molecule has 5 heterocycles. The molecule has 1 aliphatic carbocycles. The summed E-state index contributed by atoms with van der Waals surface area (Å²) in [5, 5.41) is 28.1. The van der Waals surface area contributed by atoms with Gasteiger partial charge in [-0.3, -0.25) is 0 Å². The van der Waals surface area contributed by atoms with Gasteiger partial charge in [0.15, 0.2) is 11.5 Å². The van der Waals surface area contributed by atoms with Gasteiger partial charge >= 0.3 is 0 Å². The number of aryl methyl sites for hydroxylation is 1. The first-order valence-corrected chi connectivity index (χ1v) is 21.3. The molecule has 1 aromatic heterocycles. The highest BCUT2D eigenvalue weighted by Crippen LogP contribution is 2.52. The summed E-state index contributed by atoms with van der Waals surface area (Å²) in [5.41, 5.74) is 12.8. The fraction of sp³-hybridized carbons (Fsp3) is 0.469. The lowest BCUT2D eigenvalue weighted by molar-refractivity contribution is -0.119. The van der Waals surface area contributed by atoms with Gasteiger partial charge in [-0.2, -0.15) is 0 Å². The molecule has 8 heteroatoms. The second-order valence-corrected chi connectivity index (χ2v) is 17.4.